The Balaban J connectivity index is 1.77. The van der Waals surface area contributed by atoms with Crippen LogP contribution in [0, 0.1) is 0 Å². The number of likely N-dealkylation sites (tertiary alicyclic amines) is 2. The van der Waals surface area contributed by atoms with Crippen molar-refractivity contribution in [1.82, 2.24) is 9.80 Å². The van der Waals surface area contributed by atoms with Crippen LogP contribution in [-0.2, 0) is 9.53 Å². The third kappa shape index (κ3) is 4.41. The van der Waals surface area contributed by atoms with Crippen LogP contribution in [0.1, 0.15) is 51.6 Å². The van der Waals surface area contributed by atoms with Crippen molar-refractivity contribution >= 4 is 12.0 Å². The van der Waals surface area contributed by atoms with E-state index in [2.05, 4.69) is 0 Å². The molecule has 1 aromatic carbocycles. The number of benzene rings is 1. The molecule has 0 radical (unpaired) electrons. The Morgan fingerprint density at radius 2 is 1.82 bits per heavy atom. The lowest BCUT2D eigenvalue weighted by Crippen LogP contribution is -2.48. The molecule has 2 saturated heterocycles. The van der Waals surface area contributed by atoms with Gasteiger partial charge in [0.1, 0.15) is 17.4 Å². The maximum absolute atomic E-state index is 13.3. The van der Waals surface area contributed by atoms with E-state index in [0.717, 1.165) is 24.2 Å². The quantitative estimate of drug-likeness (QED) is 0.858. The van der Waals surface area contributed by atoms with Crippen molar-refractivity contribution in [1.29, 1.82) is 0 Å². The van der Waals surface area contributed by atoms with Gasteiger partial charge in [-0.15, -0.1) is 0 Å². The van der Waals surface area contributed by atoms with Gasteiger partial charge in [0.25, 0.3) is 0 Å². The SMILES string of the molecule is COc1ccc([C@H]2CCCN2C(=O)[C@@H]2C[C@H](O)CN2C(=O)OC(C)(C)C)cc1. The van der Waals surface area contributed by atoms with Crippen LogP contribution in [-0.4, -0.2) is 64.9 Å². The molecule has 0 aromatic heterocycles. The molecule has 3 atom stereocenters. The Labute approximate surface area is 166 Å². The van der Waals surface area contributed by atoms with Gasteiger partial charge >= 0.3 is 6.09 Å². The van der Waals surface area contributed by atoms with Gasteiger partial charge in [0, 0.05) is 13.0 Å². The van der Waals surface area contributed by atoms with Gasteiger partial charge in [-0.2, -0.15) is 0 Å². The molecule has 2 fully saturated rings. The first-order chi connectivity index (χ1) is 13.2. The fourth-order valence-corrected chi connectivity index (χ4v) is 3.96. The van der Waals surface area contributed by atoms with E-state index in [1.165, 1.54) is 4.90 Å². The number of aliphatic hydroxyl groups excluding tert-OH is 1. The standard InChI is InChI=1S/C21H30N2O5/c1-21(2,3)28-20(26)23-13-15(24)12-18(23)19(25)22-11-5-6-17(22)14-7-9-16(27-4)10-8-14/h7-10,15,17-18,24H,5-6,11-13H2,1-4H3/t15-,17+,18-/m0/s1. The maximum Gasteiger partial charge on any atom is 0.411 e. The molecule has 0 spiro atoms. The molecule has 7 heteroatoms. The minimum absolute atomic E-state index is 0.0309. The maximum atomic E-state index is 13.3. The number of carbonyl (C=O) groups is 2. The Hall–Kier alpha value is -2.28. The number of hydrogen-bond donors (Lipinski definition) is 1. The fraction of sp³-hybridized carbons (Fsp3) is 0.619. The lowest BCUT2D eigenvalue weighted by atomic mass is 10.0. The van der Waals surface area contributed by atoms with Crippen LogP contribution in [0.3, 0.4) is 0 Å². The zero-order valence-corrected chi connectivity index (χ0v) is 17.1. The van der Waals surface area contributed by atoms with Crippen LogP contribution >= 0.6 is 0 Å². The van der Waals surface area contributed by atoms with E-state index < -0.39 is 23.8 Å². The van der Waals surface area contributed by atoms with Crippen LogP contribution in [0.25, 0.3) is 0 Å². The predicted octanol–water partition coefficient (Wildman–Crippen LogP) is 2.73. The van der Waals surface area contributed by atoms with Crippen LogP contribution in [0.4, 0.5) is 4.79 Å². The minimum Gasteiger partial charge on any atom is -0.497 e. The molecule has 2 heterocycles. The summed E-state index contributed by atoms with van der Waals surface area (Å²) in [5, 5.41) is 10.1. The first kappa shape index (κ1) is 20.5. The number of aliphatic hydroxyl groups is 1. The molecule has 2 aliphatic rings. The Morgan fingerprint density at radius 1 is 1.14 bits per heavy atom. The number of hydrogen-bond acceptors (Lipinski definition) is 5. The summed E-state index contributed by atoms with van der Waals surface area (Å²) < 4.78 is 10.7. The van der Waals surface area contributed by atoms with E-state index in [4.69, 9.17) is 9.47 Å². The molecule has 1 N–H and O–H groups in total. The molecule has 2 amide bonds. The van der Waals surface area contributed by atoms with Crippen LogP contribution in [0.15, 0.2) is 24.3 Å². The van der Waals surface area contributed by atoms with Crippen molar-refractivity contribution in [3.05, 3.63) is 29.8 Å². The zero-order valence-electron chi connectivity index (χ0n) is 17.1. The van der Waals surface area contributed by atoms with Gasteiger partial charge in [-0.05, 0) is 51.3 Å². The van der Waals surface area contributed by atoms with Crippen molar-refractivity contribution in [3.63, 3.8) is 0 Å². The molecule has 0 saturated carbocycles. The van der Waals surface area contributed by atoms with Gasteiger partial charge in [-0.25, -0.2) is 4.79 Å². The highest BCUT2D eigenvalue weighted by Gasteiger charge is 2.44. The minimum atomic E-state index is -0.719. The normalized spacial score (nSPS) is 25.1. The van der Waals surface area contributed by atoms with Crippen molar-refractivity contribution in [2.24, 2.45) is 0 Å². The average molecular weight is 390 g/mol. The van der Waals surface area contributed by atoms with Gasteiger partial charge in [-0.1, -0.05) is 12.1 Å². The highest BCUT2D eigenvalue weighted by atomic mass is 16.6. The Kier molecular flexibility index (Phi) is 5.84. The second kappa shape index (κ2) is 7.99. The monoisotopic (exact) mass is 390 g/mol. The van der Waals surface area contributed by atoms with Crippen molar-refractivity contribution in [3.8, 4) is 5.75 Å². The second-order valence-corrected chi connectivity index (χ2v) is 8.50. The molecular formula is C21H30N2O5. The molecule has 0 unspecified atom stereocenters. The van der Waals surface area contributed by atoms with E-state index in [0.29, 0.717) is 6.54 Å². The topological polar surface area (TPSA) is 79.3 Å². The predicted molar refractivity (Wildman–Crippen MR) is 104 cm³/mol. The van der Waals surface area contributed by atoms with Crippen LogP contribution in [0.2, 0.25) is 0 Å². The highest BCUT2D eigenvalue weighted by molar-refractivity contribution is 5.87. The second-order valence-electron chi connectivity index (χ2n) is 8.50. The molecule has 1 aromatic rings. The van der Waals surface area contributed by atoms with Gasteiger partial charge in [0.15, 0.2) is 0 Å². The van der Waals surface area contributed by atoms with E-state index in [1.807, 2.05) is 29.2 Å². The van der Waals surface area contributed by atoms with E-state index >= 15 is 0 Å². The van der Waals surface area contributed by atoms with E-state index in [1.54, 1.807) is 27.9 Å². The summed E-state index contributed by atoms with van der Waals surface area (Å²) in [6.45, 7) is 6.12. The van der Waals surface area contributed by atoms with Gasteiger partial charge < -0.3 is 19.5 Å². The van der Waals surface area contributed by atoms with E-state index in [9.17, 15) is 14.7 Å². The number of β-amino-alcohol motifs (C(OH)–C–C–N with tert-alkyl or cyclic N) is 1. The zero-order chi connectivity index (χ0) is 20.5. The van der Waals surface area contributed by atoms with Crippen molar-refractivity contribution in [2.45, 2.75) is 63.8 Å². The van der Waals surface area contributed by atoms with Gasteiger partial charge in [0.05, 0.1) is 25.8 Å². The highest BCUT2D eigenvalue weighted by Crippen LogP contribution is 2.35. The smallest absolute Gasteiger partial charge is 0.411 e. The first-order valence-electron chi connectivity index (χ1n) is 9.81. The molecule has 7 nitrogen and oxygen atoms in total. The number of methoxy groups -OCH3 is 1. The number of ether oxygens (including phenoxy) is 2. The third-order valence-electron chi connectivity index (χ3n) is 5.23. The molecular weight excluding hydrogens is 360 g/mol. The van der Waals surface area contributed by atoms with Gasteiger partial charge in [-0.3, -0.25) is 9.69 Å². The molecule has 3 rings (SSSR count). The molecule has 28 heavy (non-hydrogen) atoms. The summed E-state index contributed by atoms with van der Waals surface area (Å²) in [4.78, 5) is 29.1. The van der Waals surface area contributed by atoms with Crippen LogP contribution in [0.5, 0.6) is 5.75 Å². The van der Waals surface area contributed by atoms with Crippen LogP contribution < -0.4 is 4.74 Å². The lowest BCUT2D eigenvalue weighted by Gasteiger charge is -2.32. The molecule has 0 bridgehead atoms. The van der Waals surface area contributed by atoms with Crippen molar-refractivity contribution in [2.75, 3.05) is 20.2 Å². The average Bonchev–Trinajstić information content (AvgIpc) is 3.26. The molecule has 154 valence electrons. The lowest BCUT2D eigenvalue weighted by molar-refractivity contribution is -0.137. The summed E-state index contributed by atoms with van der Waals surface area (Å²) in [6.07, 6.45) is 0.750. The Bertz CT molecular complexity index is 713. The molecule has 0 aliphatic carbocycles. The number of nitrogens with zero attached hydrogens (tertiary/aromatic N) is 2. The number of rotatable bonds is 3. The first-order valence-corrected chi connectivity index (χ1v) is 9.81. The van der Waals surface area contributed by atoms with Crippen molar-refractivity contribution < 1.29 is 24.2 Å². The summed E-state index contributed by atoms with van der Waals surface area (Å²) in [5.74, 6) is 0.648. The summed E-state index contributed by atoms with van der Waals surface area (Å²) >= 11 is 0. The number of carbonyl (C=O) groups excluding carboxylic acids is 2. The number of amides is 2. The molecule has 2 aliphatic heterocycles. The summed E-state index contributed by atoms with van der Waals surface area (Å²) in [5.41, 5.74) is 0.395. The van der Waals surface area contributed by atoms with E-state index in [-0.39, 0.29) is 24.9 Å². The largest absolute Gasteiger partial charge is 0.497 e. The fourth-order valence-electron chi connectivity index (χ4n) is 3.96. The Morgan fingerprint density at radius 3 is 2.43 bits per heavy atom. The summed E-state index contributed by atoms with van der Waals surface area (Å²) in [6, 6.07) is 7.01. The third-order valence-corrected chi connectivity index (χ3v) is 5.23. The summed E-state index contributed by atoms with van der Waals surface area (Å²) in [7, 11) is 1.62. The van der Waals surface area contributed by atoms with Gasteiger partial charge in [0.2, 0.25) is 5.91 Å².